The van der Waals surface area contributed by atoms with E-state index in [1.807, 2.05) is 0 Å². The molecule has 0 aliphatic rings. The summed E-state index contributed by atoms with van der Waals surface area (Å²) in [7, 11) is 1.26. The molecule has 26 heavy (non-hydrogen) atoms. The number of amides is 2. The highest BCUT2D eigenvalue weighted by Crippen LogP contribution is 2.13. The molecule has 7 nitrogen and oxygen atoms in total. The van der Waals surface area contributed by atoms with Gasteiger partial charge < -0.3 is 9.47 Å². The predicted octanol–water partition coefficient (Wildman–Crippen LogP) is 1.84. The van der Waals surface area contributed by atoms with Crippen LogP contribution in [-0.4, -0.2) is 31.0 Å². The number of esters is 1. The maximum Gasteiger partial charge on any atom is 0.337 e. The number of rotatable bonds is 5. The largest absolute Gasteiger partial charge is 0.481 e. The summed E-state index contributed by atoms with van der Waals surface area (Å²) < 4.78 is 22.7. The zero-order valence-electron chi connectivity index (χ0n) is 14.1. The minimum absolute atomic E-state index is 0.241. The minimum Gasteiger partial charge on any atom is -0.481 e. The van der Waals surface area contributed by atoms with E-state index in [-0.39, 0.29) is 5.56 Å². The normalized spacial score (nSPS) is 11.2. The van der Waals surface area contributed by atoms with Crippen molar-refractivity contribution in [1.29, 1.82) is 0 Å². The Hall–Kier alpha value is -3.42. The molecule has 1 atom stereocenters. The van der Waals surface area contributed by atoms with Crippen molar-refractivity contribution in [2.75, 3.05) is 7.11 Å². The Bertz CT molecular complexity index is 790. The van der Waals surface area contributed by atoms with Gasteiger partial charge in [0.15, 0.2) is 6.10 Å². The fourth-order valence-corrected chi connectivity index (χ4v) is 1.94. The molecule has 0 spiro atoms. The lowest BCUT2D eigenvalue weighted by molar-refractivity contribution is -0.128. The zero-order chi connectivity index (χ0) is 19.1. The topological polar surface area (TPSA) is 93.7 Å². The fourth-order valence-electron chi connectivity index (χ4n) is 1.94. The van der Waals surface area contributed by atoms with Gasteiger partial charge in [-0.3, -0.25) is 20.4 Å². The Kier molecular flexibility index (Phi) is 6.26. The molecule has 0 fully saturated rings. The van der Waals surface area contributed by atoms with Crippen LogP contribution in [0.25, 0.3) is 0 Å². The van der Waals surface area contributed by atoms with Gasteiger partial charge in [0, 0.05) is 5.56 Å². The van der Waals surface area contributed by atoms with Crippen molar-refractivity contribution in [2.45, 2.75) is 13.0 Å². The van der Waals surface area contributed by atoms with Gasteiger partial charge in [-0.25, -0.2) is 9.18 Å². The van der Waals surface area contributed by atoms with E-state index < -0.39 is 29.7 Å². The molecule has 2 amide bonds. The molecule has 0 heterocycles. The molecule has 0 saturated carbocycles. The van der Waals surface area contributed by atoms with Crippen LogP contribution in [0.1, 0.15) is 27.6 Å². The lowest BCUT2D eigenvalue weighted by atomic mass is 10.1. The summed E-state index contributed by atoms with van der Waals surface area (Å²) in [5.41, 5.74) is 5.02. The van der Waals surface area contributed by atoms with E-state index in [1.54, 1.807) is 0 Å². The van der Waals surface area contributed by atoms with Crippen molar-refractivity contribution >= 4 is 17.8 Å². The van der Waals surface area contributed by atoms with E-state index in [0.29, 0.717) is 11.3 Å². The average molecular weight is 360 g/mol. The fraction of sp³-hybridized carbons (Fsp3) is 0.167. The van der Waals surface area contributed by atoms with Gasteiger partial charge in [-0.05, 0) is 55.5 Å². The zero-order valence-corrected chi connectivity index (χ0v) is 14.1. The third-order valence-corrected chi connectivity index (χ3v) is 3.36. The predicted molar refractivity (Wildman–Crippen MR) is 89.9 cm³/mol. The van der Waals surface area contributed by atoms with Gasteiger partial charge in [0.25, 0.3) is 11.8 Å². The van der Waals surface area contributed by atoms with Crippen molar-refractivity contribution in [3.63, 3.8) is 0 Å². The summed E-state index contributed by atoms with van der Waals surface area (Å²) in [6, 6.07) is 10.9. The SMILES string of the molecule is COC(=O)c1ccc(C(=O)NNC(=O)[C@H](C)Oc2ccc(F)cc2)cc1. The van der Waals surface area contributed by atoms with Gasteiger partial charge in [0.1, 0.15) is 11.6 Å². The summed E-state index contributed by atoms with van der Waals surface area (Å²) >= 11 is 0. The number of nitrogens with one attached hydrogen (secondary N) is 2. The van der Waals surface area contributed by atoms with Crippen molar-refractivity contribution in [2.24, 2.45) is 0 Å². The Morgan fingerprint density at radius 2 is 1.50 bits per heavy atom. The number of carbonyl (C=O) groups is 3. The molecular weight excluding hydrogens is 343 g/mol. The lowest BCUT2D eigenvalue weighted by Crippen LogP contribution is -2.47. The number of carbonyl (C=O) groups excluding carboxylic acids is 3. The van der Waals surface area contributed by atoms with Crippen molar-refractivity contribution in [3.8, 4) is 5.75 Å². The van der Waals surface area contributed by atoms with E-state index in [2.05, 4.69) is 15.6 Å². The van der Waals surface area contributed by atoms with Crippen LogP contribution < -0.4 is 15.6 Å². The van der Waals surface area contributed by atoms with E-state index in [1.165, 1.54) is 62.6 Å². The molecule has 136 valence electrons. The summed E-state index contributed by atoms with van der Waals surface area (Å²) in [6.07, 6.45) is -0.914. The number of methoxy groups -OCH3 is 1. The molecule has 2 N–H and O–H groups in total. The Labute approximate surface area is 149 Å². The molecule has 0 unspecified atom stereocenters. The average Bonchev–Trinajstić information content (AvgIpc) is 2.67. The molecule has 0 bridgehead atoms. The summed E-state index contributed by atoms with van der Waals surface area (Å²) in [6.45, 7) is 1.48. The highest BCUT2D eigenvalue weighted by atomic mass is 19.1. The van der Waals surface area contributed by atoms with E-state index in [4.69, 9.17) is 4.74 Å². The van der Waals surface area contributed by atoms with Crippen molar-refractivity contribution in [1.82, 2.24) is 10.9 Å². The first-order chi connectivity index (χ1) is 12.4. The second kappa shape index (κ2) is 8.61. The van der Waals surface area contributed by atoms with Crippen LogP contribution in [0.3, 0.4) is 0 Å². The molecule has 0 aromatic heterocycles. The van der Waals surface area contributed by atoms with E-state index >= 15 is 0 Å². The number of benzene rings is 2. The van der Waals surface area contributed by atoms with Crippen LogP contribution in [0.2, 0.25) is 0 Å². The maximum absolute atomic E-state index is 12.8. The second-order valence-corrected chi connectivity index (χ2v) is 5.23. The molecule has 8 heteroatoms. The Morgan fingerprint density at radius 3 is 2.08 bits per heavy atom. The molecule has 0 aliphatic heterocycles. The third-order valence-electron chi connectivity index (χ3n) is 3.36. The summed E-state index contributed by atoms with van der Waals surface area (Å²) in [5, 5.41) is 0. The minimum atomic E-state index is -0.914. The quantitative estimate of drug-likeness (QED) is 0.627. The van der Waals surface area contributed by atoms with E-state index in [0.717, 1.165) is 0 Å². The first kappa shape index (κ1) is 18.9. The van der Waals surface area contributed by atoms with Gasteiger partial charge in [-0.1, -0.05) is 0 Å². The third kappa shape index (κ3) is 5.04. The number of hydrogen-bond donors (Lipinski definition) is 2. The van der Waals surface area contributed by atoms with Crippen LogP contribution in [0.15, 0.2) is 48.5 Å². The molecule has 0 saturated heterocycles. The lowest BCUT2D eigenvalue weighted by Gasteiger charge is -2.15. The molecule has 0 radical (unpaired) electrons. The Morgan fingerprint density at radius 1 is 0.923 bits per heavy atom. The maximum atomic E-state index is 12.8. The first-order valence-corrected chi connectivity index (χ1v) is 7.61. The molecular formula is C18H17FN2O5. The van der Waals surface area contributed by atoms with Crippen LogP contribution in [0.5, 0.6) is 5.75 Å². The molecule has 2 aromatic carbocycles. The van der Waals surface area contributed by atoms with Crippen LogP contribution in [-0.2, 0) is 9.53 Å². The highest BCUT2D eigenvalue weighted by molar-refractivity contribution is 5.97. The second-order valence-electron chi connectivity index (χ2n) is 5.23. The smallest absolute Gasteiger partial charge is 0.337 e. The monoisotopic (exact) mass is 360 g/mol. The van der Waals surface area contributed by atoms with Gasteiger partial charge in [0.05, 0.1) is 12.7 Å². The van der Waals surface area contributed by atoms with Crippen LogP contribution in [0.4, 0.5) is 4.39 Å². The molecule has 2 rings (SSSR count). The standard InChI is InChI=1S/C18H17FN2O5/c1-11(26-15-9-7-14(19)8-10-15)16(22)20-21-17(23)12-3-5-13(6-4-12)18(24)25-2/h3-11H,1-2H3,(H,20,22)(H,21,23)/t11-/m0/s1. The highest BCUT2D eigenvalue weighted by Gasteiger charge is 2.16. The number of hydrogen-bond acceptors (Lipinski definition) is 5. The molecule has 2 aromatic rings. The summed E-state index contributed by atoms with van der Waals surface area (Å²) in [4.78, 5) is 35.3. The van der Waals surface area contributed by atoms with Crippen molar-refractivity contribution in [3.05, 3.63) is 65.5 Å². The number of halogens is 1. The van der Waals surface area contributed by atoms with E-state index in [9.17, 15) is 18.8 Å². The van der Waals surface area contributed by atoms with Gasteiger partial charge >= 0.3 is 5.97 Å². The summed E-state index contributed by atoms with van der Waals surface area (Å²) in [5.74, 6) is -1.77. The number of hydrazine groups is 1. The Balaban J connectivity index is 1.86. The van der Waals surface area contributed by atoms with Crippen LogP contribution in [0, 0.1) is 5.82 Å². The van der Waals surface area contributed by atoms with Gasteiger partial charge in [-0.15, -0.1) is 0 Å². The van der Waals surface area contributed by atoms with Crippen LogP contribution >= 0.6 is 0 Å². The molecule has 0 aliphatic carbocycles. The number of ether oxygens (including phenoxy) is 2. The van der Waals surface area contributed by atoms with Crippen molar-refractivity contribution < 1.29 is 28.2 Å². The van der Waals surface area contributed by atoms with Gasteiger partial charge in [-0.2, -0.15) is 0 Å². The first-order valence-electron chi connectivity index (χ1n) is 7.61. The van der Waals surface area contributed by atoms with Gasteiger partial charge in [0.2, 0.25) is 0 Å².